The van der Waals surface area contributed by atoms with Gasteiger partial charge in [-0.05, 0) is 43.7 Å². The van der Waals surface area contributed by atoms with Gasteiger partial charge in [0.2, 0.25) is 0 Å². The Bertz CT molecular complexity index is 437. The fraction of sp³-hybridized carbons (Fsp3) is 0.533. The Labute approximate surface area is 119 Å². The van der Waals surface area contributed by atoms with E-state index >= 15 is 0 Å². The number of para-hydroxylation sites is 1. The summed E-state index contributed by atoms with van der Waals surface area (Å²) in [5.74, 6) is 0.699. The summed E-state index contributed by atoms with van der Waals surface area (Å²) in [6, 6.07) is 5.60. The van der Waals surface area contributed by atoms with E-state index in [9.17, 15) is 4.79 Å². The third-order valence-corrected chi connectivity index (χ3v) is 3.73. The van der Waals surface area contributed by atoms with Crippen molar-refractivity contribution in [3.8, 4) is 0 Å². The maximum atomic E-state index is 12.3. The lowest BCUT2D eigenvalue weighted by molar-refractivity contribution is 0.209. The summed E-state index contributed by atoms with van der Waals surface area (Å²) in [5, 5.41) is 3.55. The molecule has 0 radical (unpaired) electrons. The fourth-order valence-corrected chi connectivity index (χ4v) is 2.40. The van der Waals surface area contributed by atoms with Crippen molar-refractivity contribution >= 4 is 23.3 Å². The van der Waals surface area contributed by atoms with Crippen molar-refractivity contribution in [1.82, 2.24) is 4.90 Å². The number of urea groups is 1. The Morgan fingerprint density at radius 1 is 1.47 bits per heavy atom. The largest absolute Gasteiger partial charge is 0.324 e. The van der Waals surface area contributed by atoms with Gasteiger partial charge in [-0.1, -0.05) is 30.7 Å². The first-order valence-electron chi connectivity index (χ1n) is 6.93. The number of amides is 2. The molecule has 2 rings (SSSR count). The smallest absolute Gasteiger partial charge is 0.321 e. The number of nitrogens with zero attached hydrogens (tertiary/aromatic N) is 1. The minimum absolute atomic E-state index is 0.0371. The molecule has 0 spiro atoms. The number of rotatable bonds is 5. The summed E-state index contributed by atoms with van der Waals surface area (Å²) in [6.45, 7) is 5.70. The number of carbonyl (C=O) groups is 1. The summed E-state index contributed by atoms with van der Waals surface area (Å²) in [6.07, 6.45) is 3.47. The van der Waals surface area contributed by atoms with Crippen LogP contribution in [0, 0.1) is 12.8 Å². The second-order valence-corrected chi connectivity index (χ2v) is 5.66. The van der Waals surface area contributed by atoms with Gasteiger partial charge in [-0.25, -0.2) is 4.79 Å². The van der Waals surface area contributed by atoms with Crippen LogP contribution < -0.4 is 5.32 Å². The van der Waals surface area contributed by atoms with Gasteiger partial charge in [0.15, 0.2) is 0 Å². The van der Waals surface area contributed by atoms with Crippen LogP contribution in [0.25, 0.3) is 0 Å². The van der Waals surface area contributed by atoms with E-state index < -0.39 is 0 Å². The minimum atomic E-state index is -0.0371. The number of anilines is 1. The molecule has 104 valence electrons. The Morgan fingerprint density at radius 3 is 2.79 bits per heavy atom. The molecule has 0 unspecified atom stereocenters. The lowest BCUT2D eigenvalue weighted by Crippen LogP contribution is -2.37. The number of nitrogens with one attached hydrogen (secondary N) is 1. The molecule has 1 aromatic carbocycles. The monoisotopic (exact) mass is 280 g/mol. The SMILES string of the molecule is CCCN(CC1CC1)C(=O)Nc1c(C)cccc1Cl. The summed E-state index contributed by atoms with van der Waals surface area (Å²) in [5.41, 5.74) is 1.72. The Morgan fingerprint density at radius 2 is 2.21 bits per heavy atom. The van der Waals surface area contributed by atoms with Crippen molar-refractivity contribution in [2.24, 2.45) is 5.92 Å². The zero-order chi connectivity index (χ0) is 13.8. The first-order valence-corrected chi connectivity index (χ1v) is 7.30. The van der Waals surface area contributed by atoms with Crippen molar-refractivity contribution in [3.05, 3.63) is 28.8 Å². The molecule has 4 heteroatoms. The van der Waals surface area contributed by atoms with Crippen LogP contribution in [-0.4, -0.2) is 24.0 Å². The normalized spacial score (nSPS) is 14.3. The van der Waals surface area contributed by atoms with E-state index in [1.807, 2.05) is 24.0 Å². The Hall–Kier alpha value is -1.22. The molecule has 0 atom stereocenters. The van der Waals surface area contributed by atoms with E-state index in [1.54, 1.807) is 6.07 Å². The average molecular weight is 281 g/mol. The van der Waals surface area contributed by atoms with Gasteiger partial charge < -0.3 is 10.2 Å². The summed E-state index contributed by atoms with van der Waals surface area (Å²) >= 11 is 6.14. The molecule has 1 saturated carbocycles. The van der Waals surface area contributed by atoms with Crippen molar-refractivity contribution < 1.29 is 4.79 Å². The topological polar surface area (TPSA) is 32.3 Å². The number of carbonyl (C=O) groups excluding carboxylic acids is 1. The van der Waals surface area contributed by atoms with Crippen LogP contribution in [-0.2, 0) is 0 Å². The van der Waals surface area contributed by atoms with Crippen molar-refractivity contribution in [2.45, 2.75) is 33.1 Å². The molecule has 0 saturated heterocycles. The molecular weight excluding hydrogens is 260 g/mol. The van der Waals surface area contributed by atoms with Crippen LogP contribution in [0.5, 0.6) is 0 Å². The van der Waals surface area contributed by atoms with Gasteiger partial charge in [-0.3, -0.25) is 0 Å². The Balaban J connectivity index is 2.04. The number of halogens is 1. The lowest BCUT2D eigenvalue weighted by atomic mass is 10.2. The molecule has 1 aliphatic rings. The molecule has 0 bridgehead atoms. The lowest BCUT2D eigenvalue weighted by Gasteiger charge is -2.23. The van der Waals surface area contributed by atoms with Crippen molar-refractivity contribution in [2.75, 3.05) is 18.4 Å². The highest BCUT2D eigenvalue weighted by atomic mass is 35.5. The van der Waals surface area contributed by atoms with Crippen molar-refractivity contribution in [3.63, 3.8) is 0 Å². The minimum Gasteiger partial charge on any atom is -0.324 e. The first kappa shape index (κ1) is 14.2. The molecule has 0 heterocycles. The van der Waals surface area contributed by atoms with Crippen molar-refractivity contribution in [1.29, 1.82) is 0 Å². The highest BCUT2D eigenvalue weighted by Crippen LogP contribution is 2.30. The summed E-state index contributed by atoms with van der Waals surface area (Å²) in [7, 11) is 0. The third-order valence-electron chi connectivity index (χ3n) is 3.41. The average Bonchev–Trinajstić information content (AvgIpc) is 3.17. The predicted octanol–water partition coefficient (Wildman–Crippen LogP) is 4.30. The molecule has 1 aromatic rings. The van der Waals surface area contributed by atoms with Crippen LogP contribution in [0.2, 0.25) is 5.02 Å². The highest BCUT2D eigenvalue weighted by Gasteiger charge is 2.26. The maximum Gasteiger partial charge on any atom is 0.321 e. The molecule has 3 nitrogen and oxygen atoms in total. The van der Waals surface area contributed by atoms with E-state index in [0.29, 0.717) is 10.9 Å². The number of hydrogen-bond donors (Lipinski definition) is 1. The number of aryl methyl sites for hydroxylation is 1. The molecule has 1 aliphatic carbocycles. The van der Waals surface area contributed by atoms with Gasteiger partial charge in [0.1, 0.15) is 0 Å². The summed E-state index contributed by atoms with van der Waals surface area (Å²) < 4.78 is 0. The molecular formula is C15H21ClN2O. The molecule has 0 aromatic heterocycles. The Kier molecular flexibility index (Phi) is 4.70. The molecule has 1 fully saturated rings. The van der Waals surface area contributed by atoms with Gasteiger partial charge in [0, 0.05) is 13.1 Å². The molecule has 19 heavy (non-hydrogen) atoms. The van der Waals surface area contributed by atoms with Gasteiger partial charge in [-0.2, -0.15) is 0 Å². The van der Waals surface area contributed by atoms with E-state index in [1.165, 1.54) is 12.8 Å². The first-order chi connectivity index (χ1) is 9.11. The zero-order valence-electron chi connectivity index (χ0n) is 11.6. The van der Waals surface area contributed by atoms with Gasteiger partial charge in [-0.15, -0.1) is 0 Å². The van der Waals surface area contributed by atoms with Gasteiger partial charge >= 0.3 is 6.03 Å². The summed E-state index contributed by atoms with van der Waals surface area (Å²) in [4.78, 5) is 14.2. The second kappa shape index (κ2) is 6.29. The fourth-order valence-electron chi connectivity index (χ4n) is 2.13. The number of hydrogen-bond acceptors (Lipinski definition) is 1. The van der Waals surface area contributed by atoms with Gasteiger partial charge in [0.05, 0.1) is 10.7 Å². The van der Waals surface area contributed by atoms with Gasteiger partial charge in [0.25, 0.3) is 0 Å². The van der Waals surface area contributed by atoms with Crippen LogP contribution in [0.4, 0.5) is 10.5 Å². The predicted molar refractivity (Wildman–Crippen MR) is 79.8 cm³/mol. The van der Waals surface area contributed by atoms with Crippen LogP contribution in [0.15, 0.2) is 18.2 Å². The second-order valence-electron chi connectivity index (χ2n) is 5.25. The highest BCUT2D eigenvalue weighted by molar-refractivity contribution is 6.33. The molecule has 2 amide bonds. The zero-order valence-corrected chi connectivity index (χ0v) is 12.3. The quantitative estimate of drug-likeness (QED) is 0.857. The van der Waals surface area contributed by atoms with E-state index in [4.69, 9.17) is 11.6 Å². The third kappa shape index (κ3) is 3.87. The van der Waals surface area contributed by atoms with E-state index in [-0.39, 0.29) is 6.03 Å². The van der Waals surface area contributed by atoms with Crippen LogP contribution in [0.1, 0.15) is 31.7 Å². The number of benzene rings is 1. The molecule has 0 aliphatic heterocycles. The van der Waals surface area contributed by atoms with Crippen LogP contribution in [0.3, 0.4) is 0 Å². The van der Waals surface area contributed by atoms with Crippen LogP contribution >= 0.6 is 11.6 Å². The maximum absolute atomic E-state index is 12.3. The van der Waals surface area contributed by atoms with E-state index in [2.05, 4.69) is 12.2 Å². The molecule has 1 N–H and O–H groups in total. The van der Waals surface area contributed by atoms with E-state index in [0.717, 1.165) is 30.8 Å². The standard InChI is InChI=1S/C15H21ClN2O/c1-3-9-18(10-12-7-8-12)15(19)17-14-11(2)5-4-6-13(14)16/h4-6,12H,3,7-10H2,1-2H3,(H,17,19).